The zero-order valence-electron chi connectivity index (χ0n) is 20.7. The Bertz CT molecular complexity index is 1070. The van der Waals surface area contributed by atoms with Crippen LogP contribution in [0.5, 0.6) is 0 Å². The second-order valence-corrected chi connectivity index (χ2v) is 11.7. The molecule has 2 saturated heterocycles. The van der Waals surface area contributed by atoms with Gasteiger partial charge in [-0.3, -0.25) is 9.78 Å². The Balaban J connectivity index is 1.25. The molecule has 0 spiro atoms. The summed E-state index contributed by atoms with van der Waals surface area (Å²) in [5.74, 6) is 1.25. The molecule has 192 valence electrons. The normalized spacial score (nSPS) is 20.9. The minimum absolute atomic E-state index is 0.225. The number of ether oxygens (including phenoxy) is 1. The fourth-order valence-electron chi connectivity index (χ4n) is 6.27. The molecule has 1 aliphatic carbocycles. The lowest BCUT2D eigenvalue weighted by atomic mass is 9.76. The van der Waals surface area contributed by atoms with Crippen molar-refractivity contribution in [3.05, 3.63) is 62.3 Å². The maximum atomic E-state index is 13.1. The third-order valence-electron chi connectivity index (χ3n) is 8.24. The number of aryl methyl sites for hydroxylation is 2. The molecule has 36 heavy (non-hydrogen) atoms. The van der Waals surface area contributed by atoms with Crippen molar-refractivity contribution in [2.24, 2.45) is 11.8 Å². The highest BCUT2D eigenvalue weighted by Gasteiger charge is 2.35. The number of benzene rings is 1. The number of carbonyl (C=O) groups excluding carboxylic acids is 2. The van der Waals surface area contributed by atoms with E-state index in [9.17, 15) is 9.59 Å². The van der Waals surface area contributed by atoms with Crippen LogP contribution in [0.3, 0.4) is 0 Å². The lowest BCUT2D eigenvalue weighted by Gasteiger charge is -2.38. The van der Waals surface area contributed by atoms with Gasteiger partial charge in [0.25, 0.3) is 0 Å². The summed E-state index contributed by atoms with van der Waals surface area (Å²) in [4.78, 5) is 33.6. The molecule has 8 heteroatoms. The van der Waals surface area contributed by atoms with Gasteiger partial charge in [-0.25, -0.2) is 4.79 Å². The van der Waals surface area contributed by atoms with Gasteiger partial charge in [-0.2, -0.15) is 0 Å². The lowest BCUT2D eigenvalue weighted by molar-refractivity contribution is -0.134. The Hall–Kier alpha value is -2.12. The first-order valence-electron chi connectivity index (χ1n) is 13.0. The number of pyridine rings is 1. The smallest absolute Gasteiger partial charge is 0.409 e. The van der Waals surface area contributed by atoms with Crippen molar-refractivity contribution < 1.29 is 14.3 Å². The van der Waals surface area contributed by atoms with E-state index >= 15 is 0 Å². The number of halogens is 2. The third kappa shape index (κ3) is 5.42. The molecule has 2 fully saturated rings. The minimum Gasteiger partial charge on any atom is -0.453 e. The largest absolute Gasteiger partial charge is 0.453 e. The highest BCUT2D eigenvalue weighted by atomic mass is 79.9. The quantitative estimate of drug-likeness (QED) is 0.462. The summed E-state index contributed by atoms with van der Waals surface area (Å²) in [6.45, 7) is 2.91. The number of aromatic nitrogens is 1. The molecule has 1 aromatic heterocycles. The van der Waals surface area contributed by atoms with Gasteiger partial charge < -0.3 is 14.5 Å². The standard InChI is InChI=1S/C28H33BrClN3O3/c1-36-28(35)33-10-6-18(7-11-33)14-25(34)32-12-8-19(9-13-32)26-24-5-4-23(30)16-20(24)2-3-21-15-22(29)17-31-27(21)26/h4-5,15-19,26H,2-3,6-14H2,1H3. The number of hydrogen-bond acceptors (Lipinski definition) is 4. The molecule has 0 N–H and O–H groups in total. The third-order valence-corrected chi connectivity index (χ3v) is 8.91. The van der Waals surface area contributed by atoms with Crippen LogP contribution in [0.25, 0.3) is 0 Å². The first-order chi connectivity index (χ1) is 17.4. The van der Waals surface area contributed by atoms with Crippen LogP contribution in [0.1, 0.15) is 60.4 Å². The van der Waals surface area contributed by atoms with Gasteiger partial charge in [-0.15, -0.1) is 0 Å². The molecule has 0 radical (unpaired) electrons. The van der Waals surface area contributed by atoms with Gasteiger partial charge in [-0.1, -0.05) is 17.7 Å². The molecule has 2 aliphatic heterocycles. The molecule has 2 amide bonds. The Labute approximate surface area is 226 Å². The monoisotopic (exact) mass is 573 g/mol. The van der Waals surface area contributed by atoms with Gasteiger partial charge in [0.1, 0.15) is 0 Å². The molecule has 3 aliphatic rings. The van der Waals surface area contributed by atoms with Gasteiger partial charge >= 0.3 is 6.09 Å². The molecule has 2 aromatic rings. The van der Waals surface area contributed by atoms with Crippen LogP contribution < -0.4 is 0 Å². The SMILES string of the molecule is COC(=O)N1CCC(CC(=O)N2CCC(C3c4ccc(Cl)cc4CCc4cc(Br)cnc43)CC2)CC1. The van der Waals surface area contributed by atoms with Gasteiger partial charge in [0.15, 0.2) is 0 Å². The summed E-state index contributed by atoms with van der Waals surface area (Å²) in [5, 5.41) is 0.783. The van der Waals surface area contributed by atoms with Crippen molar-refractivity contribution in [3.8, 4) is 0 Å². The lowest BCUT2D eigenvalue weighted by Crippen LogP contribution is -2.42. The second kappa shape index (κ2) is 11.1. The minimum atomic E-state index is -0.271. The van der Waals surface area contributed by atoms with Gasteiger partial charge in [0.2, 0.25) is 5.91 Å². The molecule has 6 nitrogen and oxygen atoms in total. The summed E-state index contributed by atoms with van der Waals surface area (Å²) in [7, 11) is 1.41. The molecule has 1 aromatic carbocycles. The van der Waals surface area contributed by atoms with Crippen molar-refractivity contribution in [3.63, 3.8) is 0 Å². The van der Waals surface area contributed by atoms with Crippen LogP contribution in [0.15, 0.2) is 34.9 Å². The number of nitrogens with zero attached hydrogens (tertiary/aromatic N) is 3. The average Bonchev–Trinajstić information content (AvgIpc) is 3.05. The number of carbonyl (C=O) groups is 2. The van der Waals surface area contributed by atoms with Crippen molar-refractivity contribution in [1.29, 1.82) is 0 Å². The van der Waals surface area contributed by atoms with E-state index in [0.29, 0.717) is 31.3 Å². The Kier molecular flexibility index (Phi) is 7.87. The van der Waals surface area contributed by atoms with Gasteiger partial charge in [-0.05, 0) is 101 Å². The van der Waals surface area contributed by atoms with Gasteiger partial charge in [0.05, 0.1) is 12.8 Å². The summed E-state index contributed by atoms with van der Waals surface area (Å²) in [6, 6.07) is 8.53. The predicted molar refractivity (Wildman–Crippen MR) is 143 cm³/mol. The first kappa shape index (κ1) is 25.5. The van der Waals surface area contributed by atoms with Crippen LogP contribution in [0.2, 0.25) is 5.02 Å². The van der Waals surface area contributed by atoms with Crippen LogP contribution in [0.4, 0.5) is 4.79 Å². The summed E-state index contributed by atoms with van der Waals surface area (Å²) in [6.07, 6.45) is 7.79. The second-order valence-electron chi connectivity index (χ2n) is 10.3. The number of rotatable bonds is 3. The van der Waals surface area contributed by atoms with E-state index in [1.165, 1.54) is 29.5 Å². The molecule has 1 unspecified atom stereocenters. The number of amides is 2. The Morgan fingerprint density at radius 2 is 1.72 bits per heavy atom. The zero-order valence-corrected chi connectivity index (χ0v) is 23.1. The predicted octanol–water partition coefficient (Wildman–Crippen LogP) is 5.84. The van der Waals surface area contributed by atoms with E-state index in [-0.39, 0.29) is 17.9 Å². The molecule has 0 saturated carbocycles. The van der Waals surface area contributed by atoms with E-state index < -0.39 is 0 Å². The summed E-state index contributed by atoms with van der Waals surface area (Å²) in [5.41, 5.74) is 5.15. The molecule has 5 rings (SSSR count). The molecular formula is C28H33BrClN3O3. The van der Waals surface area contributed by atoms with Crippen molar-refractivity contribution in [1.82, 2.24) is 14.8 Å². The zero-order chi connectivity index (χ0) is 25.2. The number of hydrogen-bond donors (Lipinski definition) is 0. The van der Waals surface area contributed by atoms with E-state index in [4.69, 9.17) is 21.3 Å². The Morgan fingerprint density at radius 3 is 2.44 bits per heavy atom. The fraction of sp³-hybridized carbons (Fsp3) is 0.536. The van der Waals surface area contributed by atoms with E-state index in [0.717, 1.165) is 61.1 Å². The first-order valence-corrected chi connectivity index (χ1v) is 14.1. The van der Waals surface area contributed by atoms with Crippen molar-refractivity contribution in [2.45, 2.75) is 50.9 Å². The summed E-state index contributed by atoms with van der Waals surface area (Å²) < 4.78 is 5.84. The van der Waals surface area contributed by atoms with Crippen LogP contribution in [-0.2, 0) is 22.4 Å². The molecule has 1 atom stereocenters. The topological polar surface area (TPSA) is 62.7 Å². The van der Waals surface area contributed by atoms with E-state index in [1.807, 2.05) is 12.3 Å². The highest BCUT2D eigenvalue weighted by Crippen LogP contribution is 2.43. The summed E-state index contributed by atoms with van der Waals surface area (Å²) >= 11 is 9.98. The average molecular weight is 575 g/mol. The maximum Gasteiger partial charge on any atom is 0.409 e. The van der Waals surface area contributed by atoms with Crippen molar-refractivity contribution >= 4 is 39.5 Å². The number of fused-ring (bicyclic) bond motifs is 2. The van der Waals surface area contributed by atoms with Crippen molar-refractivity contribution in [2.75, 3.05) is 33.3 Å². The van der Waals surface area contributed by atoms with E-state index in [1.54, 1.807) is 4.90 Å². The Morgan fingerprint density at radius 1 is 1.03 bits per heavy atom. The number of likely N-dealkylation sites (tertiary alicyclic amines) is 2. The molecule has 0 bridgehead atoms. The molecule has 3 heterocycles. The fourth-order valence-corrected chi connectivity index (χ4v) is 6.84. The van der Waals surface area contributed by atoms with Crippen LogP contribution in [-0.4, -0.2) is 60.1 Å². The van der Waals surface area contributed by atoms with E-state index in [2.05, 4.69) is 39.0 Å². The van der Waals surface area contributed by atoms with Crippen LogP contribution >= 0.6 is 27.5 Å². The van der Waals surface area contributed by atoms with Crippen LogP contribution in [0, 0.1) is 11.8 Å². The maximum absolute atomic E-state index is 13.1. The number of methoxy groups -OCH3 is 1. The highest BCUT2D eigenvalue weighted by molar-refractivity contribution is 9.10. The van der Waals surface area contributed by atoms with Gasteiger partial charge in [0, 0.05) is 54.2 Å². The number of piperidine rings is 2. The molecular weight excluding hydrogens is 542 g/mol.